The van der Waals surface area contributed by atoms with Crippen LogP contribution in [0, 0.1) is 0 Å². The lowest BCUT2D eigenvalue weighted by molar-refractivity contribution is -0.120. The van der Waals surface area contributed by atoms with Crippen LogP contribution in [-0.4, -0.2) is 56.5 Å². The van der Waals surface area contributed by atoms with Crippen LogP contribution in [0.15, 0.2) is 67.0 Å². The van der Waals surface area contributed by atoms with Crippen molar-refractivity contribution in [2.75, 3.05) is 16.8 Å². The Morgan fingerprint density at radius 2 is 1.90 bits per heavy atom. The highest BCUT2D eigenvalue weighted by Crippen LogP contribution is 2.43. The second-order valence-corrected chi connectivity index (χ2v) is 8.47. The van der Waals surface area contributed by atoms with Crippen molar-refractivity contribution in [1.29, 1.82) is 0 Å². The SMILES string of the molecule is O=C1[C@@H]2[C@@H]3C[C@@H](CN3C(=S)Nc3cccnc3)N2C(=O)N1c1cccc2ccccc12. The van der Waals surface area contributed by atoms with Gasteiger partial charge in [0.15, 0.2) is 5.11 Å². The molecule has 0 unspecified atom stereocenters. The van der Waals surface area contributed by atoms with Crippen molar-refractivity contribution >= 4 is 51.4 Å². The van der Waals surface area contributed by atoms with Gasteiger partial charge >= 0.3 is 6.03 Å². The van der Waals surface area contributed by atoms with E-state index in [2.05, 4.69) is 10.3 Å². The number of amides is 3. The first-order chi connectivity index (χ1) is 15.1. The van der Waals surface area contributed by atoms with E-state index < -0.39 is 6.04 Å². The van der Waals surface area contributed by atoms with Gasteiger partial charge in [-0.3, -0.25) is 9.78 Å². The zero-order valence-electron chi connectivity index (χ0n) is 16.5. The van der Waals surface area contributed by atoms with Crippen LogP contribution in [0.4, 0.5) is 16.2 Å². The van der Waals surface area contributed by atoms with E-state index in [9.17, 15) is 9.59 Å². The number of hydrogen-bond acceptors (Lipinski definition) is 4. The minimum Gasteiger partial charge on any atom is -0.341 e. The molecule has 0 radical (unpaired) electrons. The molecule has 7 nitrogen and oxygen atoms in total. The lowest BCUT2D eigenvalue weighted by atomic mass is 10.1. The normalized spacial score (nSPS) is 24.3. The van der Waals surface area contributed by atoms with Gasteiger partial charge in [-0.15, -0.1) is 0 Å². The Hall–Kier alpha value is -3.52. The van der Waals surface area contributed by atoms with E-state index in [1.165, 1.54) is 4.90 Å². The van der Waals surface area contributed by atoms with Crippen LogP contribution in [0.25, 0.3) is 10.8 Å². The summed E-state index contributed by atoms with van der Waals surface area (Å²) in [5.74, 6) is -0.178. The van der Waals surface area contributed by atoms with Gasteiger partial charge < -0.3 is 15.1 Å². The molecule has 3 atom stereocenters. The number of nitrogens with zero attached hydrogens (tertiary/aromatic N) is 4. The minimum absolute atomic E-state index is 0.0277. The van der Waals surface area contributed by atoms with Gasteiger partial charge in [0.1, 0.15) is 6.04 Å². The third-order valence-electron chi connectivity index (χ3n) is 6.45. The summed E-state index contributed by atoms with van der Waals surface area (Å²) in [6, 6.07) is 16.3. The number of piperazine rings is 1. The number of pyridine rings is 1. The summed E-state index contributed by atoms with van der Waals surface area (Å²) in [6.45, 7) is 0.621. The Kier molecular flexibility index (Phi) is 3.97. The van der Waals surface area contributed by atoms with E-state index in [0.717, 1.165) is 22.9 Å². The summed E-state index contributed by atoms with van der Waals surface area (Å²) >= 11 is 5.63. The van der Waals surface area contributed by atoms with E-state index in [1.54, 1.807) is 17.3 Å². The summed E-state index contributed by atoms with van der Waals surface area (Å²) in [7, 11) is 0. The van der Waals surface area contributed by atoms with Crippen LogP contribution in [0.3, 0.4) is 0 Å². The molecule has 2 aromatic carbocycles. The Labute approximate surface area is 184 Å². The smallest absolute Gasteiger partial charge is 0.332 e. The molecule has 3 aliphatic rings. The van der Waals surface area contributed by atoms with Gasteiger partial charge in [0, 0.05) is 18.1 Å². The Morgan fingerprint density at radius 1 is 1.06 bits per heavy atom. The van der Waals surface area contributed by atoms with Gasteiger partial charge in [-0.05, 0) is 42.2 Å². The lowest BCUT2D eigenvalue weighted by Crippen LogP contribution is -2.55. The number of anilines is 2. The Balaban J connectivity index is 1.31. The van der Waals surface area contributed by atoms with Crippen LogP contribution in [0.5, 0.6) is 0 Å². The number of nitrogens with one attached hydrogen (secondary N) is 1. The maximum Gasteiger partial charge on any atom is 0.332 e. The summed E-state index contributed by atoms with van der Waals surface area (Å²) < 4.78 is 0. The van der Waals surface area contributed by atoms with Crippen LogP contribution >= 0.6 is 12.2 Å². The summed E-state index contributed by atoms with van der Waals surface area (Å²) in [5, 5.41) is 5.66. The predicted octanol–water partition coefficient (Wildman–Crippen LogP) is 3.23. The molecule has 0 spiro atoms. The van der Waals surface area contributed by atoms with Crippen LogP contribution in [0.2, 0.25) is 0 Å². The average molecular weight is 430 g/mol. The number of hydrogen-bond donors (Lipinski definition) is 1. The average Bonchev–Trinajstić information content (AvgIpc) is 3.46. The first kappa shape index (κ1) is 18.3. The maximum atomic E-state index is 13.5. The summed E-state index contributed by atoms with van der Waals surface area (Å²) in [4.78, 5) is 36.1. The molecule has 0 aliphatic carbocycles. The van der Waals surface area contributed by atoms with Crippen molar-refractivity contribution in [3.8, 4) is 0 Å². The van der Waals surface area contributed by atoms with E-state index in [0.29, 0.717) is 17.3 Å². The zero-order chi connectivity index (χ0) is 21.1. The first-order valence-corrected chi connectivity index (χ1v) is 10.7. The van der Waals surface area contributed by atoms with Gasteiger partial charge in [-0.2, -0.15) is 0 Å². The number of aromatic nitrogens is 1. The molecule has 8 heteroatoms. The molecule has 3 saturated heterocycles. The lowest BCUT2D eigenvalue weighted by Gasteiger charge is -2.36. The number of thiocarbonyl (C=S) groups is 1. The Morgan fingerprint density at radius 3 is 2.74 bits per heavy atom. The molecule has 3 amide bonds. The number of likely N-dealkylation sites (tertiary alicyclic amines) is 1. The molecule has 1 N–H and O–H groups in total. The van der Waals surface area contributed by atoms with Gasteiger partial charge in [-0.1, -0.05) is 36.4 Å². The minimum atomic E-state index is -0.515. The van der Waals surface area contributed by atoms with Gasteiger partial charge in [0.2, 0.25) is 0 Å². The van der Waals surface area contributed by atoms with Crippen molar-refractivity contribution in [3.05, 3.63) is 67.0 Å². The van der Waals surface area contributed by atoms with Crippen molar-refractivity contribution in [1.82, 2.24) is 14.8 Å². The van der Waals surface area contributed by atoms with E-state index in [4.69, 9.17) is 12.2 Å². The number of carbonyl (C=O) groups excluding carboxylic acids is 2. The number of urea groups is 1. The van der Waals surface area contributed by atoms with Crippen molar-refractivity contribution < 1.29 is 9.59 Å². The largest absolute Gasteiger partial charge is 0.341 e. The van der Waals surface area contributed by atoms with Crippen molar-refractivity contribution in [2.45, 2.75) is 24.5 Å². The van der Waals surface area contributed by atoms with Crippen molar-refractivity contribution in [2.24, 2.45) is 0 Å². The molecule has 3 fully saturated rings. The molecule has 4 heterocycles. The number of rotatable bonds is 2. The molecule has 154 valence electrons. The molecule has 1 aromatic heterocycles. The number of benzene rings is 2. The van der Waals surface area contributed by atoms with Crippen LogP contribution < -0.4 is 10.2 Å². The fourth-order valence-electron chi connectivity index (χ4n) is 5.15. The first-order valence-electron chi connectivity index (χ1n) is 10.2. The monoisotopic (exact) mass is 429 g/mol. The highest BCUT2D eigenvalue weighted by Gasteiger charge is 2.62. The summed E-state index contributed by atoms with van der Waals surface area (Å²) in [5.41, 5.74) is 1.45. The molecule has 2 bridgehead atoms. The molecule has 0 saturated carbocycles. The van der Waals surface area contributed by atoms with Gasteiger partial charge in [0.05, 0.1) is 29.7 Å². The second-order valence-electron chi connectivity index (χ2n) is 8.09. The number of carbonyl (C=O) groups is 2. The predicted molar refractivity (Wildman–Crippen MR) is 122 cm³/mol. The quantitative estimate of drug-likeness (QED) is 0.498. The number of imide groups is 1. The number of fused-ring (bicyclic) bond motifs is 6. The Bertz CT molecular complexity index is 1230. The maximum absolute atomic E-state index is 13.5. The second kappa shape index (κ2) is 6.75. The van der Waals surface area contributed by atoms with E-state index >= 15 is 0 Å². The van der Waals surface area contributed by atoms with Gasteiger partial charge in [-0.25, -0.2) is 9.69 Å². The van der Waals surface area contributed by atoms with Crippen LogP contribution in [-0.2, 0) is 4.79 Å². The highest BCUT2D eigenvalue weighted by atomic mass is 32.1. The molecule has 3 aromatic rings. The summed E-state index contributed by atoms with van der Waals surface area (Å²) in [6.07, 6.45) is 4.16. The third kappa shape index (κ3) is 2.64. The highest BCUT2D eigenvalue weighted by molar-refractivity contribution is 7.80. The molecule has 3 aliphatic heterocycles. The van der Waals surface area contributed by atoms with E-state index in [1.807, 2.05) is 59.5 Å². The third-order valence-corrected chi connectivity index (χ3v) is 6.78. The van der Waals surface area contributed by atoms with E-state index in [-0.39, 0.29) is 24.0 Å². The van der Waals surface area contributed by atoms with Crippen LogP contribution in [0.1, 0.15) is 6.42 Å². The fraction of sp³-hybridized carbons (Fsp3) is 0.217. The molecular weight excluding hydrogens is 410 g/mol. The van der Waals surface area contributed by atoms with Gasteiger partial charge in [0.25, 0.3) is 5.91 Å². The molecular formula is C23H19N5O2S. The topological polar surface area (TPSA) is 68.8 Å². The fourth-order valence-corrected chi connectivity index (χ4v) is 5.48. The molecule has 6 rings (SSSR count). The standard InChI is InChI=1S/C23H19N5O2S/c29-21-20-19-11-16(13-26(19)22(31)25-15-7-4-10-24-12-15)27(20)23(30)28(21)18-9-3-6-14-5-1-2-8-17(14)18/h1-10,12,16,19-20H,11,13H2,(H,25,31)/t16-,19-,20-/m0/s1. The molecule has 31 heavy (non-hydrogen) atoms. The zero-order valence-corrected chi connectivity index (χ0v) is 17.3. The van der Waals surface area contributed by atoms with Crippen molar-refractivity contribution in [3.63, 3.8) is 0 Å².